The molecule has 0 radical (unpaired) electrons. The third-order valence-electron chi connectivity index (χ3n) is 2.97. The Morgan fingerprint density at radius 3 is 2.96 bits per heavy atom. The zero-order chi connectivity index (χ0) is 16.5. The summed E-state index contributed by atoms with van der Waals surface area (Å²) in [5.41, 5.74) is 3.05. The minimum atomic E-state index is -0.480. The van der Waals surface area contributed by atoms with Crippen molar-refractivity contribution in [3.63, 3.8) is 0 Å². The minimum absolute atomic E-state index is 0.201. The Bertz CT molecular complexity index is 588. The van der Waals surface area contributed by atoms with Crippen LogP contribution in [0.4, 0.5) is 0 Å². The summed E-state index contributed by atoms with van der Waals surface area (Å²) in [5.74, 6) is 0.482. The van der Waals surface area contributed by atoms with Gasteiger partial charge >= 0.3 is 0 Å². The van der Waals surface area contributed by atoms with E-state index >= 15 is 0 Å². The zero-order valence-electron chi connectivity index (χ0n) is 12.8. The Labute approximate surface area is 133 Å². The van der Waals surface area contributed by atoms with Crippen LogP contribution in [-0.2, 0) is 14.3 Å². The standard InChI is InChI=1S/C15H19N3O5/c1-21-6-2-5-16-14(19)8-15(20)18-17-9-11-3-4-12-13(7-11)23-10-22-12/h3-4,7,9H,2,5-6,8,10H2,1H3,(H,16,19)(H,18,20)/b17-9-. The average molecular weight is 321 g/mol. The van der Waals surface area contributed by atoms with Crippen LogP contribution in [0.25, 0.3) is 0 Å². The molecule has 124 valence electrons. The van der Waals surface area contributed by atoms with Gasteiger partial charge in [-0.3, -0.25) is 9.59 Å². The number of hydrogen-bond donors (Lipinski definition) is 2. The van der Waals surface area contributed by atoms with Gasteiger partial charge in [0, 0.05) is 20.3 Å². The van der Waals surface area contributed by atoms with Gasteiger partial charge in [0.25, 0.3) is 0 Å². The molecule has 0 aliphatic carbocycles. The van der Waals surface area contributed by atoms with Gasteiger partial charge in [0.05, 0.1) is 6.21 Å². The van der Waals surface area contributed by atoms with Crippen molar-refractivity contribution in [1.82, 2.24) is 10.7 Å². The molecule has 8 nitrogen and oxygen atoms in total. The first-order chi connectivity index (χ1) is 11.2. The second kappa shape index (κ2) is 8.74. The van der Waals surface area contributed by atoms with Crippen LogP contribution in [0.5, 0.6) is 11.5 Å². The smallest absolute Gasteiger partial charge is 0.249 e. The normalized spacial score (nSPS) is 12.4. The molecule has 23 heavy (non-hydrogen) atoms. The van der Waals surface area contributed by atoms with Gasteiger partial charge < -0.3 is 19.5 Å². The van der Waals surface area contributed by atoms with E-state index in [-0.39, 0.29) is 19.1 Å². The number of amides is 2. The van der Waals surface area contributed by atoms with Crippen molar-refractivity contribution >= 4 is 18.0 Å². The van der Waals surface area contributed by atoms with Crippen molar-refractivity contribution in [3.8, 4) is 11.5 Å². The fourth-order valence-electron chi connectivity index (χ4n) is 1.86. The van der Waals surface area contributed by atoms with Crippen LogP contribution in [0, 0.1) is 0 Å². The number of nitrogens with one attached hydrogen (secondary N) is 2. The van der Waals surface area contributed by atoms with Gasteiger partial charge in [-0.2, -0.15) is 5.10 Å². The zero-order valence-corrected chi connectivity index (χ0v) is 12.8. The van der Waals surface area contributed by atoms with Gasteiger partial charge in [0.15, 0.2) is 11.5 Å². The molecule has 0 spiro atoms. The molecule has 0 aromatic heterocycles. The Balaban J connectivity index is 1.70. The number of rotatable bonds is 8. The van der Waals surface area contributed by atoms with Crippen LogP contribution >= 0.6 is 0 Å². The number of ether oxygens (including phenoxy) is 3. The number of carbonyl (C=O) groups excluding carboxylic acids is 2. The van der Waals surface area contributed by atoms with E-state index in [0.717, 1.165) is 5.56 Å². The molecule has 0 fully saturated rings. The van der Waals surface area contributed by atoms with Crippen molar-refractivity contribution in [2.24, 2.45) is 5.10 Å². The Morgan fingerprint density at radius 1 is 1.30 bits per heavy atom. The summed E-state index contributed by atoms with van der Waals surface area (Å²) >= 11 is 0. The Hall–Kier alpha value is -2.61. The molecule has 1 aliphatic heterocycles. The third-order valence-corrected chi connectivity index (χ3v) is 2.97. The fourth-order valence-corrected chi connectivity index (χ4v) is 1.86. The molecule has 0 saturated carbocycles. The lowest BCUT2D eigenvalue weighted by Gasteiger charge is -2.04. The Morgan fingerprint density at radius 2 is 2.13 bits per heavy atom. The van der Waals surface area contributed by atoms with Crippen LogP contribution in [-0.4, -0.2) is 45.1 Å². The van der Waals surface area contributed by atoms with E-state index in [1.807, 2.05) is 0 Å². The Kier molecular flexibility index (Phi) is 6.37. The molecule has 0 unspecified atom stereocenters. The quantitative estimate of drug-likeness (QED) is 0.313. The number of hydrazone groups is 1. The van der Waals surface area contributed by atoms with E-state index in [4.69, 9.17) is 14.2 Å². The van der Waals surface area contributed by atoms with Crippen LogP contribution in [0.2, 0.25) is 0 Å². The topological polar surface area (TPSA) is 98.2 Å². The lowest BCUT2D eigenvalue weighted by atomic mass is 10.2. The van der Waals surface area contributed by atoms with Crippen molar-refractivity contribution in [3.05, 3.63) is 23.8 Å². The highest BCUT2D eigenvalue weighted by molar-refractivity contribution is 5.97. The second-order valence-electron chi connectivity index (χ2n) is 4.78. The molecule has 1 heterocycles. The number of fused-ring (bicyclic) bond motifs is 1. The summed E-state index contributed by atoms with van der Waals surface area (Å²) in [6.07, 6.45) is 1.90. The van der Waals surface area contributed by atoms with Gasteiger partial charge in [-0.05, 0) is 30.2 Å². The van der Waals surface area contributed by atoms with Crippen molar-refractivity contribution in [2.45, 2.75) is 12.8 Å². The second-order valence-corrected chi connectivity index (χ2v) is 4.78. The first-order valence-corrected chi connectivity index (χ1v) is 7.16. The van der Waals surface area contributed by atoms with E-state index in [2.05, 4.69) is 15.8 Å². The number of carbonyl (C=O) groups is 2. The molecular weight excluding hydrogens is 302 g/mol. The molecule has 2 amide bonds. The predicted molar refractivity (Wildman–Crippen MR) is 82.4 cm³/mol. The highest BCUT2D eigenvalue weighted by atomic mass is 16.7. The molecule has 0 atom stereocenters. The lowest BCUT2D eigenvalue weighted by Crippen LogP contribution is -2.30. The SMILES string of the molecule is COCCCNC(=O)CC(=O)N/N=C\c1ccc2c(c1)OCO2. The first-order valence-electron chi connectivity index (χ1n) is 7.16. The monoisotopic (exact) mass is 321 g/mol. The first kappa shape index (κ1) is 16.8. The maximum Gasteiger partial charge on any atom is 0.249 e. The number of methoxy groups -OCH3 is 1. The number of hydrogen-bond acceptors (Lipinski definition) is 6. The summed E-state index contributed by atoms with van der Waals surface area (Å²) < 4.78 is 15.3. The van der Waals surface area contributed by atoms with Gasteiger partial charge in [-0.1, -0.05) is 0 Å². The summed E-state index contributed by atoms with van der Waals surface area (Å²) in [6.45, 7) is 1.23. The molecule has 2 N–H and O–H groups in total. The molecule has 0 saturated heterocycles. The van der Waals surface area contributed by atoms with Crippen LogP contribution in [0.15, 0.2) is 23.3 Å². The van der Waals surface area contributed by atoms with E-state index in [0.29, 0.717) is 31.1 Å². The molecule has 2 rings (SSSR count). The van der Waals surface area contributed by atoms with Gasteiger partial charge in [0.2, 0.25) is 18.6 Å². The molecule has 1 aromatic carbocycles. The summed E-state index contributed by atoms with van der Waals surface area (Å²) in [7, 11) is 1.59. The summed E-state index contributed by atoms with van der Waals surface area (Å²) in [5, 5.41) is 6.43. The van der Waals surface area contributed by atoms with E-state index in [1.165, 1.54) is 6.21 Å². The van der Waals surface area contributed by atoms with E-state index < -0.39 is 5.91 Å². The molecule has 1 aliphatic rings. The largest absolute Gasteiger partial charge is 0.454 e. The predicted octanol–water partition coefficient (Wildman–Crippen LogP) is 0.408. The van der Waals surface area contributed by atoms with Crippen LogP contribution in [0.1, 0.15) is 18.4 Å². The fraction of sp³-hybridized carbons (Fsp3) is 0.400. The van der Waals surface area contributed by atoms with Crippen LogP contribution < -0.4 is 20.2 Å². The van der Waals surface area contributed by atoms with Crippen LogP contribution in [0.3, 0.4) is 0 Å². The minimum Gasteiger partial charge on any atom is -0.454 e. The molecular formula is C15H19N3O5. The molecule has 8 heteroatoms. The van der Waals surface area contributed by atoms with Gasteiger partial charge in [-0.15, -0.1) is 0 Å². The highest BCUT2D eigenvalue weighted by Crippen LogP contribution is 2.31. The summed E-state index contributed by atoms with van der Waals surface area (Å²) in [6, 6.07) is 5.30. The van der Waals surface area contributed by atoms with Gasteiger partial charge in [-0.25, -0.2) is 5.43 Å². The maximum absolute atomic E-state index is 11.6. The number of nitrogens with zero attached hydrogens (tertiary/aromatic N) is 1. The van der Waals surface area contributed by atoms with E-state index in [1.54, 1.807) is 25.3 Å². The lowest BCUT2D eigenvalue weighted by molar-refractivity contribution is -0.129. The van der Waals surface area contributed by atoms with Crippen molar-refractivity contribution < 1.29 is 23.8 Å². The number of benzene rings is 1. The summed E-state index contributed by atoms with van der Waals surface area (Å²) in [4.78, 5) is 23.0. The van der Waals surface area contributed by atoms with Crippen molar-refractivity contribution in [1.29, 1.82) is 0 Å². The van der Waals surface area contributed by atoms with Crippen molar-refractivity contribution in [2.75, 3.05) is 27.1 Å². The van der Waals surface area contributed by atoms with E-state index in [9.17, 15) is 9.59 Å². The maximum atomic E-state index is 11.6. The molecule has 1 aromatic rings. The average Bonchev–Trinajstić information content (AvgIpc) is 2.99. The molecule has 0 bridgehead atoms. The third kappa shape index (κ3) is 5.59. The highest BCUT2D eigenvalue weighted by Gasteiger charge is 2.12. The van der Waals surface area contributed by atoms with Gasteiger partial charge in [0.1, 0.15) is 6.42 Å².